The van der Waals surface area contributed by atoms with Crippen LogP contribution >= 0.6 is 27.5 Å². The van der Waals surface area contributed by atoms with Gasteiger partial charge in [0.05, 0.1) is 15.5 Å². The summed E-state index contributed by atoms with van der Waals surface area (Å²) in [5, 5.41) is 11.7. The van der Waals surface area contributed by atoms with Crippen molar-refractivity contribution < 1.29 is 21.9 Å². The van der Waals surface area contributed by atoms with Gasteiger partial charge in [0.25, 0.3) is 10.0 Å². The van der Waals surface area contributed by atoms with Crippen LogP contribution in [0.4, 0.5) is 5.69 Å². The molecule has 0 spiro atoms. The predicted molar refractivity (Wildman–Crippen MR) is 127 cm³/mol. The average Bonchev–Trinajstić information content (AvgIpc) is 2.76. The molecule has 0 unspecified atom stereocenters. The normalized spacial score (nSPS) is 12.1. The summed E-state index contributed by atoms with van der Waals surface area (Å²) < 4.78 is 55.6. The molecule has 0 aromatic heterocycles. The number of anilines is 1. The number of halogens is 2. The lowest BCUT2D eigenvalue weighted by atomic mass is 10.1. The van der Waals surface area contributed by atoms with Crippen LogP contribution in [0, 0.1) is 0 Å². The van der Waals surface area contributed by atoms with Gasteiger partial charge in [0.1, 0.15) is 10.6 Å². The summed E-state index contributed by atoms with van der Waals surface area (Å²) in [6, 6.07) is 19.0. The van der Waals surface area contributed by atoms with Gasteiger partial charge in [0.2, 0.25) is 9.84 Å². The largest absolute Gasteiger partial charge is 0.506 e. The maximum atomic E-state index is 13.2. The fourth-order valence-corrected chi connectivity index (χ4v) is 6.03. The zero-order valence-electron chi connectivity index (χ0n) is 16.2. The lowest BCUT2D eigenvalue weighted by molar-refractivity contribution is 0.465. The van der Waals surface area contributed by atoms with Crippen LogP contribution in [-0.4, -0.2) is 21.9 Å². The predicted octanol–water partition coefficient (Wildman–Crippen LogP) is 5.59. The van der Waals surface area contributed by atoms with Crippen molar-refractivity contribution in [2.24, 2.45) is 0 Å². The summed E-state index contributed by atoms with van der Waals surface area (Å²) >= 11 is 9.12. The van der Waals surface area contributed by atoms with Crippen LogP contribution in [0.15, 0.2) is 98.0 Å². The zero-order chi connectivity index (χ0) is 23.1. The molecule has 0 aliphatic rings. The lowest BCUT2D eigenvalue weighted by Gasteiger charge is -2.15. The van der Waals surface area contributed by atoms with Crippen molar-refractivity contribution in [2.45, 2.75) is 14.7 Å². The Balaban J connectivity index is 1.91. The summed E-state index contributed by atoms with van der Waals surface area (Å²) in [7, 11) is -8.21. The van der Waals surface area contributed by atoms with Crippen LogP contribution in [0.5, 0.6) is 5.75 Å². The van der Waals surface area contributed by atoms with E-state index >= 15 is 0 Å². The van der Waals surface area contributed by atoms with Gasteiger partial charge in [0.15, 0.2) is 0 Å². The van der Waals surface area contributed by atoms with E-state index in [0.29, 0.717) is 14.9 Å². The number of nitrogens with one attached hydrogen (secondary N) is 1. The number of hydrogen-bond donors (Lipinski definition) is 2. The zero-order valence-corrected chi connectivity index (χ0v) is 20.1. The number of phenolic OH excluding ortho intramolecular Hbond substituents is 1. The van der Waals surface area contributed by atoms with E-state index in [1.165, 1.54) is 42.5 Å². The highest BCUT2D eigenvalue weighted by molar-refractivity contribution is 9.10. The number of aromatic hydroxyl groups is 1. The van der Waals surface area contributed by atoms with E-state index < -0.39 is 30.5 Å². The molecule has 6 nitrogen and oxygen atoms in total. The first-order valence-electron chi connectivity index (χ1n) is 9.13. The Bertz CT molecular complexity index is 1540. The minimum absolute atomic E-state index is 0.0000329. The highest BCUT2D eigenvalue weighted by Gasteiger charge is 2.26. The van der Waals surface area contributed by atoms with E-state index in [4.69, 9.17) is 11.6 Å². The molecule has 0 aliphatic carbocycles. The number of sulfonamides is 1. The Morgan fingerprint density at radius 1 is 0.781 bits per heavy atom. The van der Waals surface area contributed by atoms with Gasteiger partial charge in [0, 0.05) is 20.3 Å². The van der Waals surface area contributed by atoms with Crippen molar-refractivity contribution in [1.29, 1.82) is 0 Å². The van der Waals surface area contributed by atoms with Gasteiger partial charge in [-0.05, 0) is 54.6 Å². The summed E-state index contributed by atoms with van der Waals surface area (Å²) in [5.74, 6) is -0.470. The Morgan fingerprint density at radius 2 is 1.34 bits per heavy atom. The first kappa shape index (κ1) is 22.6. The molecule has 0 amide bonds. The Morgan fingerprint density at radius 3 is 1.97 bits per heavy atom. The maximum absolute atomic E-state index is 13.2. The highest BCUT2D eigenvalue weighted by Crippen LogP contribution is 2.40. The van der Waals surface area contributed by atoms with Gasteiger partial charge in [-0.15, -0.1) is 0 Å². The third-order valence-corrected chi connectivity index (χ3v) is 8.71. The molecule has 0 saturated carbocycles. The molecule has 0 aliphatic heterocycles. The van der Waals surface area contributed by atoms with Gasteiger partial charge in [-0.3, -0.25) is 4.72 Å². The lowest BCUT2D eigenvalue weighted by Crippen LogP contribution is -2.14. The number of rotatable bonds is 5. The number of sulfone groups is 1. The minimum atomic E-state index is -4.18. The standard InChI is InChI=1S/C22H15BrClNO5S2/c23-14-5-9-17(10-6-14)32(29,30)25-20-13-21(22(26)19-4-2-1-3-18(19)20)31(27,28)16-11-7-15(24)8-12-16/h1-13,25-26H. The molecule has 0 radical (unpaired) electrons. The van der Waals surface area contributed by atoms with Crippen molar-refractivity contribution >= 4 is 63.9 Å². The van der Waals surface area contributed by atoms with Crippen LogP contribution in [0.2, 0.25) is 5.02 Å². The molecular weight excluding hydrogens is 538 g/mol. The molecule has 0 saturated heterocycles. The number of phenols is 1. The fourth-order valence-electron chi connectivity index (χ4n) is 3.18. The summed E-state index contributed by atoms with van der Waals surface area (Å²) in [4.78, 5) is -0.513. The van der Waals surface area contributed by atoms with Gasteiger partial charge in [-0.1, -0.05) is 51.8 Å². The second-order valence-electron chi connectivity index (χ2n) is 6.83. The van der Waals surface area contributed by atoms with Gasteiger partial charge in [-0.2, -0.15) is 0 Å². The van der Waals surface area contributed by atoms with Crippen molar-refractivity contribution in [3.05, 3.63) is 88.4 Å². The highest BCUT2D eigenvalue weighted by atomic mass is 79.9. The minimum Gasteiger partial charge on any atom is -0.506 e. The van der Waals surface area contributed by atoms with Crippen LogP contribution < -0.4 is 4.72 Å². The van der Waals surface area contributed by atoms with E-state index in [1.54, 1.807) is 30.3 Å². The maximum Gasteiger partial charge on any atom is 0.261 e. The van der Waals surface area contributed by atoms with Gasteiger partial charge in [-0.25, -0.2) is 16.8 Å². The molecule has 2 N–H and O–H groups in total. The van der Waals surface area contributed by atoms with E-state index in [2.05, 4.69) is 20.7 Å². The summed E-state index contributed by atoms with van der Waals surface area (Å²) in [6.07, 6.45) is 0. The Hall–Kier alpha value is -2.59. The van der Waals surface area contributed by atoms with E-state index in [-0.39, 0.29) is 20.9 Å². The third-order valence-electron chi connectivity index (χ3n) is 4.76. The summed E-state index contributed by atoms with van der Waals surface area (Å²) in [6.45, 7) is 0. The third kappa shape index (κ3) is 4.21. The number of hydrogen-bond acceptors (Lipinski definition) is 5. The molecule has 0 heterocycles. The quantitative estimate of drug-likeness (QED) is 0.314. The van der Waals surface area contributed by atoms with E-state index in [1.807, 2.05) is 0 Å². The van der Waals surface area contributed by atoms with Crippen molar-refractivity contribution in [3.63, 3.8) is 0 Å². The van der Waals surface area contributed by atoms with Crippen molar-refractivity contribution in [1.82, 2.24) is 0 Å². The molecule has 10 heteroatoms. The molecule has 164 valence electrons. The Labute approximate surface area is 198 Å². The van der Waals surface area contributed by atoms with Crippen LogP contribution in [-0.2, 0) is 19.9 Å². The van der Waals surface area contributed by atoms with Crippen LogP contribution in [0.1, 0.15) is 0 Å². The molecular formula is C22H15BrClNO5S2. The molecule has 0 bridgehead atoms. The second kappa shape index (κ2) is 8.40. The molecule has 32 heavy (non-hydrogen) atoms. The molecule has 0 atom stereocenters. The first-order valence-corrected chi connectivity index (χ1v) is 13.3. The monoisotopic (exact) mass is 551 g/mol. The van der Waals surface area contributed by atoms with Crippen molar-refractivity contribution in [3.8, 4) is 5.75 Å². The average molecular weight is 553 g/mol. The first-order chi connectivity index (χ1) is 15.1. The van der Waals surface area contributed by atoms with Gasteiger partial charge < -0.3 is 5.11 Å². The molecule has 4 aromatic carbocycles. The Kier molecular flexibility index (Phi) is 5.93. The smallest absolute Gasteiger partial charge is 0.261 e. The molecule has 4 aromatic rings. The van der Waals surface area contributed by atoms with Gasteiger partial charge >= 0.3 is 0 Å². The molecule has 4 rings (SSSR count). The second-order valence-corrected chi connectivity index (χ2v) is 11.8. The van der Waals surface area contributed by atoms with E-state index in [0.717, 1.165) is 6.07 Å². The van der Waals surface area contributed by atoms with E-state index in [9.17, 15) is 21.9 Å². The fraction of sp³-hybridized carbons (Fsp3) is 0. The van der Waals surface area contributed by atoms with Crippen molar-refractivity contribution in [2.75, 3.05) is 4.72 Å². The molecule has 0 fully saturated rings. The topological polar surface area (TPSA) is 101 Å². The summed E-state index contributed by atoms with van der Waals surface area (Å²) in [5.41, 5.74) is 0.0221. The van der Waals surface area contributed by atoms with Crippen LogP contribution in [0.25, 0.3) is 10.8 Å². The number of fused-ring (bicyclic) bond motifs is 1. The number of benzene rings is 4. The van der Waals surface area contributed by atoms with Crippen LogP contribution in [0.3, 0.4) is 0 Å². The SMILES string of the molecule is O=S(=O)(Nc1cc(S(=O)(=O)c2ccc(Cl)cc2)c(O)c2ccccc12)c1ccc(Br)cc1.